The number of esters is 2. The summed E-state index contributed by atoms with van der Waals surface area (Å²) in [5, 5.41) is 30.4. The lowest BCUT2D eigenvalue weighted by atomic mass is 10.1. The maximum atomic E-state index is 11.7. The fourth-order valence-corrected chi connectivity index (χ4v) is 2.52. The zero-order valence-corrected chi connectivity index (χ0v) is 15.1. The fraction of sp³-hybridized carbons (Fsp3) is 0.889. The predicted molar refractivity (Wildman–Crippen MR) is 92.0 cm³/mol. The van der Waals surface area contributed by atoms with Crippen LogP contribution in [0.4, 0.5) is 0 Å². The van der Waals surface area contributed by atoms with Crippen molar-refractivity contribution in [2.45, 2.75) is 89.3 Å². The third kappa shape index (κ3) is 7.19. The molecule has 0 aromatic heterocycles. The van der Waals surface area contributed by atoms with Crippen LogP contribution < -0.4 is 0 Å². The van der Waals surface area contributed by atoms with Crippen molar-refractivity contribution in [1.29, 1.82) is 0 Å². The summed E-state index contributed by atoms with van der Waals surface area (Å²) < 4.78 is 29.2. The normalized spacial score (nSPS) is 29.1. The first-order valence-corrected chi connectivity index (χ1v) is 9.00. The Bertz CT molecular complexity index is 479. The molecule has 8 heteroatoms. The van der Waals surface area contributed by atoms with E-state index in [2.05, 4.69) is 0 Å². The predicted octanol–water partition coefficient (Wildman–Crippen LogP) is 1.04. The van der Waals surface area contributed by atoms with Crippen LogP contribution in [0.3, 0.4) is 0 Å². The average Bonchev–Trinajstić information content (AvgIpc) is 2.89. The molecule has 0 bridgehead atoms. The summed E-state index contributed by atoms with van der Waals surface area (Å²) in [6.45, 7) is -0.397. The van der Waals surface area contributed by atoms with Crippen LogP contribution in [0.5, 0.6) is 0 Å². The van der Waals surface area contributed by atoms with Crippen molar-refractivity contribution >= 4 is 11.9 Å². The van der Waals surface area contributed by atoms with Crippen molar-refractivity contribution < 1.29 is 41.9 Å². The summed E-state index contributed by atoms with van der Waals surface area (Å²) in [7, 11) is 0. The van der Waals surface area contributed by atoms with Crippen molar-refractivity contribution in [2.24, 2.45) is 0 Å². The molecule has 0 aromatic carbocycles. The molecule has 0 saturated carbocycles. The van der Waals surface area contributed by atoms with E-state index in [1.165, 1.54) is 0 Å². The van der Waals surface area contributed by atoms with Crippen molar-refractivity contribution in [3.63, 3.8) is 0 Å². The maximum Gasteiger partial charge on any atom is 0.305 e. The van der Waals surface area contributed by atoms with Gasteiger partial charge in [0.1, 0.15) is 31.5 Å². The third-order valence-electron chi connectivity index (χ3n) is 4.13. The average molecular weight is 378 g/mol. The van der Waals surface area contributed by atoms with Crippen LogP contribution in [0.25, 0.3) is 0 Å². The van der Waals surface area contributed by atoms with Crippen molar-refractivity contribution in [1.82, 2.24) is 0 Å². The molecule has 0 radical (unpaired) electrons. The van der Waals surface area contributed by atoms with Gasteiger partial charge in [-0.1, -0.05) is 39.5 Å². The second-order valence-electron chi connectivity index (χ2n) is 6.40. The van der Waals surface area contributed by atoms with Crippen molar-refractivity contribution in [3.8, 4) is 0 Å². The van der Waals surface area contributed by atoms with Crippen LogP contribution in [0.1, 0.15) is 67.9 Å². The number of hydrogen-bond donors (Lipinski definition) is 3. The molecule has 0 amide bonds. The minimum Gasteiger partial charge on any atom is -0.463 e. The summed E-state index contributed by atoms with van der Waals surface area (Å²) in [6.07, 6.45) is -0.0577. The van der Waals surface area contributed by atoms with Gasteiger partial charge in [0.15, 0.2) is 0 Å². The lowest BCUT2D eigenvalue weighted by molar-refractivity contribution is -0.253. The second-order valence-corrected chi connectivity index (χ2v) is 6.40. The molecule has 1 unspecified atom stereocenters. The van der Waals surface area contributed by atoms with Gasteiger partial charge in [-0.05, 0) is 12.8 Å². The smallest absolute Gasteiger partial charge is 0.305 e. The van der Waals surface area contributed by atoms with Gasteiger partial charge in [-0.2, -0.15) is 0 Å². The molecule has 1 aliphatic rings. The summed E-state index contributed by atoms with van der Waals surface area (Å²) in [5.74, 6) is -3.35. The molecular formula is C18H32O8. The Kier molecular flexibility index (Phi) is 8.63. The van der Waals surface area contributed by atoms with Gasteiger partial charge in [0.05, 0.1) is 0 Å². The standard InChI is InChI=1S/C18H32O8/c1-3-5-7-9-14(19)24-11-13-16(21)17(22)18(23,26-13)12-25-15(20)10-8-6-4-2/h13,16-17,21-23H,3-12H2,1-2H3/t13-,16-,17-,18?/m1/s1/i1D,2D. The molecule has 0 aromatic rings. The Morgan fingerprint density at radius 3 is 2.19 bits per heavy atom. The van der Waals surface area contributed by atoms with Crippen molar-refractivity contribution in [3.05, 3.63) is 0 Å². The zero-order valence-electron chi connectivity index (χ0n) is 17.1. The van der Waals surface area contributed by atoms with Crippen LogP contribution >= 0.6 is 0 Å². The highest BCUT2D eigenvalue weighted by Gasteiger charge is 2.54. The number of carbonyl (C=O) groups is 2. The molecule has 4 atom stereocenters. The molecule has 1 heterocycles. The van der Waals surface area contributed by atoms with Crippen LogP contribution in [-0.4, -0.2) is 64.6 Å². The monoisotopic (exact) mass is 378 g/mol. The van der Waals surface area contributed by atoms with Gasteiger partial charge in [-0.3, -0.25) is 9.59 Å². The van der Waals surface area contributed by atoms with E-state index in [1.54, 1.807) is 0 Å². The first-order valence-electron chi connectivity index (χ1n) is 10.4. The number of hydrogen-bond acceptors (Lipinski definition) is 8. The number of carbonyl (C=O) groups excluding carboxylic acids is 2. The molecule has 0 aliphatic carbocycles. The summed E-state index contributed by atoms with van der Waals surface area (Å²) in [5.41, 5.74) is 0. The first kappa shape index (κ1) is 19.5. The van der Waals surface area contributed by atoms with Gasteiger partial charge in [0, 0.05) is 15.6 Å². The Morgan fingerprint density at radius 2 is 1.62 bits per heavy atom. The number of aliphatic hydroxyl groups excluding tert-OH is 2. The SMILES string of the molecule is [2H]CCCCCC(=O)OC[C@H]1OC(O)(COC(=O)CCCCC[2H])[C@H](O)[C@@H]1O. The minimum absolute atomic E-state index is 0.121. The summed E-state index contributed by atoms with van der Waals surface area (Å²) in [4.78, 5) is 23.3. The van der Waals surface area contributed by atoms with Crippen molar-refractivity contribution in [2.75, 3.05) is 13.2 Å². The molecule has 8 nitrogen and oxygen atoms in total. The molecule has 26 heavy (non-hydrogen) atoms. The largest absolute Gasteiger partial charge is 0.463 e. The van der Waals surface area contributed by atoms with E-state index in [1.807, 2.05) is 0 Å². The van der Waals surface area contributed by atoms with E-state index in [4.69, 9.17) is 17.0 Å². The third-order valence-corrected chi connectivity index (χ3v) is 4.13. The lowest BCUT2D eigenvalue weighted by Gasteiger charge is -2.25. The van der Waals surface area contributed by atoms with Crippen LogP contribution in [0.15, 0.2) is 0 Å². The summed E-state index contributed by atoms with van der Waals surface area (Å²) in [6, 6.07) is 0. The van der Waals surface area contributed by atoms with Crippen LogP contribution in [-0.2, 0) is 23.8 Å². The van der Waals surface area contributed by atoms with E-state index in [9.17, 15) is 24.9 Å². The van der Waals surface area contributed by atoms with Crippen LogP contribution in [0.2, 0.25) is 0 Å². The molecule has 3 N–H and O–H groups in total. The molecule has 1 saturated heterocycles. The van der Waals surface area contributed by atoms with E-state index in [0.29, 0.717) is 39.5 Å². The van der Waals surface area contributed by atoms with Gasteiger partial charge in [-0.15, -0.1) is 0 Å². The van der Waals surface area contributed by atoms with Gasteiger partial charge >= 0.3 is 11.9 Å². The van der Waals surface area contributed by atoms with Gasteiger partial charge in [-0.25, -0.2) is 0 Å². The van der Waals surface area contributed by atoms with E-state index in [0.717, 1.165) is 12.8 Å². The summed E-state index contributed by atoms with van der Waals surface area (Å²) >= 11 is 0. The van der Waals surface area contributed by atoms with Crippen LogP contribution in [0, 0.1) is 0 Å². The Morgan fingerprint density at radius 1 is 1.04 bits per heavy atom. The minimum atomic E-state index is -2.28. The highest BCUT2D eigenvalue weighted by atomic mass is 16.7. The fourth-order valence-electron chi connectivity index (χ4n) is 2.52. The molecule has 0 spiro atoms. The van der Waals surface area contributed by atoms with E-state index >= 15 is 0 Å². The second kappa shape index (κ2) is 11.5. The molecule has 1 fully saturated rings. The Hall–Kier alpha value is -1.22. The topological polar surface area (TPSA) is 123 Å². The molecule has 1 rings (SSSR count). The quantitative estimate of drug-likeness (QED) is 0.340. The zero-order chi connectivity index (χ0) is 21.0. The van der Waals surface area contributed by atoms with E-state index < -0.39 is 42.6 Å². The highest BCUT2D eigenvalue weighted by Crippen LogP contribution is 2.30. The van der Waals surface area contributed by atoms with Gasteiger partial charge in [0.2, 0.25) is 5.79 Å². The molecular weight excluding hydrogens is 344 g/mol. The number of unbranched alkanes of at least 4 members (excludes halogenated alkanes) is 4. The first-order chi connectivity index (χ1) is 13.3. The van der Waals surface area contributed by atoms with E-state index in [-0.39, 0.29) is 19.4 Å². The number of aliphatic hydroxyl groups is 3. The number of ether oxygens (including phenoxy) is 3. The Labute approximate surface area is 157 Å². The Balaban J connectivity index is 2.36. The van der Waals surface area contributed by atoms with Gasteiger partial charge in [0.25, 0.3) is 0 Å². The molecule has 152 valence electrons. The highest BCUT2D eigenvalue weighted by molar-refractivity contribution is 5.69. The lowest BCUT2D eigenvalue weighted by Crippen LogP contribution is -2.47. The maximum absolute atomic E-state index is 11.7. The van der Waals surface area contributed by atoms with Gasteiger partial charge < -0.3 is 29.5 Å². The molecule has 1 aliphatic heterocycles. The number of rotatable bonds is 12.